The molecule has 0 fully saturated rings. The monoisotopic (exact) mass is 176 g/mol. The second-order valence-corrected chi connectivity index (χ2v) is 4.91. The third kappa shape index (κ3) is 1.59. The second-order valence-electron chi connectivity index (χ2n) is 4.91. The van der Waals surface area contributed by atoms with Crippen LogP contribution in [-0.4, -0.2) is 0 Å². The highest BCUT2D eigenvalue weighted by Crippen LogP contribution is 2.40. The Balaban J connectivity index is 2.27. The molecule has 0 spiro atoms. The SMILES string of the molecule is CC1C=C2C=C[C@@H](C)C(C)C2CC1. The van der Waals surface area contributed by atoms with Crippen LogP contribution in [0.25, 0.3) is 0 Å². The van der Waals surface area contributed by atoms with E-state index in [0.717, 1.165) is 23.7 Å². The number of hydrogen-bond donors (Lipinski definition) is 0. The van der Waals surface area contributed by atoms with Gasteiger partial charge < -0.3 is 0 Å². The summed E-state index contributed by atoms with van der Waals surface area (Å²) in [6, 6.07) is 0. The fourth-order valence-corrected chi connectivity index (χ4v) is 2.69. The second kappa shape index (κ2) is 3.32. The van der Waals surface area contributed by atoms with E-state index in [1.165, 1.54) is 12.8 Å². The van der Waals surface area contributed by atoms with Crippen molar-refractivity contribution in [3.63, 3.8) is 0 Å². The van der Waals surface area contributed by atoms with Crippen molar-refractivity contribution in [2.24, 2.45) is 23.7 Å². The summed E-state index contributed by atoms with van der Waals surface area (Å²) in [7, 11) is 0. The molecule has 0 saturated carbocycles. The number of fused-ring (bicyclic) bond motifs is 1. The highest BCUT2D eigenvalue weighted by atomic mass is 14.3. The van der Waals surface area contributed by atoms with Crippen molar-refractivity contribution in [3.8, 4) is 0 Å². The molecule has 0 N–H and O–H groups in total. The van der Waals surface area contributed by atoms with Crippen LogP contribution in [0.3, 0.4) is 0 Å². The summed E-state index contributed by atoms with van der Waals surface area (Å²) < 4.78 is 0. The van der Waals surface area contributed by atoms with Crippen molar-refractivity contribution in [2.75, 3.05) is 0 Å². The van der Waals surface area contributed by atoms with E-state index < -0.39 is 0 Å². The van der Waals surface area contributed by atoms with Crippen LogP contribution in [0.4, 0.5) is 0 Å². The predicted molar refractivity (Wildman–Crippen MR) is 57.4 cm³/mol. The van der Waals surface area contributed by atoms with E-state index in [1.54, 1.807) is 5.57 Å². The Bertz CT molecular complexity index is 247. The third-order valence-corrected chi connectivity index (χ3v) is 3.89. The molecule has 72 valence electrons. The Hall–Kier alpha value is -0.520. The summed E-state index contributed by atoms with van der Waals surface area (Å²) in [6.07, 6.45) is 10.0. The van der Waals surface area contributed by atoms with E-state index in [-0.39, 0.29) is 0 Å². The van der Waals surface area contributed by atoms with E-state index >= 15 is 0 Å². The summed E-state index contributed by atoms with van der Waals surface area (Å²) in [6.45, 7) is 7.08. The number of allylic oxidation sites excluding steroid dienone is 4. The van der Waals surface area contributed by atoms with Crippen molar-refractivity contribution in [3.05, 3.63) is 23.8 Å². The molecule has 0 aliphatic heterocycles. The van der Waals surface area contributed by atoms with Crippen LogP contribution in [0.5, 0.6) is 0 Å². The van der Waals surface area contributed by atoms with Gasteiger partial charge in [-0.15, -0.1) is 0 Å². The summed E-state index contributed by atoms with van der Waals surface area (Å²) in [5.41, 5.74) is 1.62. The molecule has 0 radical (unpaired) electrons. The molecule has 0 aromatic rings. The maximum Gasteiger partial charge on any atom is -0.0134 e. The Morgan fingerprint density at radius 2 is 1.92 bits per heavy atom. The molecule has 0 heterocycles. The quantitative estimate of drug-likeness (QED) is 0.526. The first-order chi connectivity index (χ1) is 6.18. The van der Waals surface area contributed by atoms with Crippen molar-refractivity contribution < 1.29 is 0 Å². The molecule has 0 nitrogen and oxygen atoms in total. The van der Waals surface area contributed by atoms with Gasteiger partial charge in [0.05, 0.1) is 0 Å². The molecule has 2 aliphatic rings. The van der Waals surface area contributed by atoms with Gasteiger partial charge in [-0.1, -0.05) is 39.0 Å². The van der Waals surface area contributed by atoms with E-state index in [2.05, 4.69) is 39.0 Å². The van der Waals surface area contributed by atoms with Crippen molar-refractivity contribution >= 4 is 0 Å². The predicted octanol–water partition coefficient (Wildman–Crippen LogP) is 3.80. The maximum atomic E-state index is 2.48. The van der Waals surface area contributed by atoms with Crippen molar-refractivity contribution in [1.29, 1.82) is 0 Å². The lowest BCUT2D eigenvalue weighted by Crippen LogP contribution is -2.26. The van der Waals surface area contributed by atoms with Gasteiger partial charge in [0.15, 0.2) is 0 Å². The van der Waals surface area contributed by atoms with E-state index in [0.29, 0.717) is 0 Å². The molecule has 0 heteroatoms. The zero-order chi connectivity index (χ0) is 9.42. The molecule has 0 aromatic carbocycles. The van der Waals surface area contributed by atoms with Gasteiger partial charge in [-0.25, -0.2) is 0 Å². The zero-order valence-electron chi connectivity index (χ0n) is 8.96. The average molecular weight is 176 g/mol. The molecule has 2 rings (SSSR count). The lowest BCUT2D eigenvalue weighted by atomic mass is 9.69. The Kier molecular flexibility index (Phi) is 2.31. The van der Waals surface area contributed by atoms with Gasteiger partial charge in [-0.3, -0.25) is 0 Å². The zero-order valence-corrected chi connectivity index (χ0v) is 8.96. The largest absolute Gasteiger partial charge is 0.0811 e. The molecule has 0 bridgehead atoms. The highest BCUT2D eigenvalue weighted by molar-refractivity contribution is 5.29. The van der Waals surface area contributed by atoms with E-state index in [4.69, 9.17) is 0 Å². The lowest BCUT2D eigenvalue weighted by molar-refractivity contribution is 0.286. The van der Waals surface area contributed by atoms with Crippen LogP contribution in [0.2, 0.25) is 0 Å². The number of rotatable bonds is 0. The molecule has 2 aliphatic carbocycles. The summed E-state index contributed by atoms with van der Waals surface area (Å²) in [4.78, 5) is 0. The minimum atomic E-state index is 0.774. The first-order valence-electron chi connectivity index (χ1n) is 5.58. The van der Waals surface area contributed by atoms with Gasteiger partial charge in [0.2, 0.25) is 0 Å². The Labute approximate surface area is 81.7 Å². The molecular weight excluding hydrogens is 156 g/mol. The van der Waals surface area contributed by atoms with Crippen LogP contribution < -0.4 is 0 Å². The van der Waals surface area contributed by atoms with Gasteiger partial charge >= 0.3 is 0 Å². The summed E-state index contributed by atoms with van der Waals surface area (Å²) in [5.74, 6) is 3.28. The average Bonchev–Trinajstić information content (AvgIpc) is 2.12. The Morgan fingerprint density at radius 3 is 2.69 bits per heavy atom. The molecule has 4 atom stereocenters. The topological polar surface area (TPSA) is 0 Å². The van der Waals surface area contributed by atoms with E-state index in [1.807, 2.05) is 0 Å². The normalized spacial score (nSPS) is 44.1. The lowest BCUT2D eigenvalue weighted by Gasteiger charge is -2.36. The number of hydrogen-bond acceptors (Lipinski definition) is 0. The Morgan fingerprint density at radius 1 is 1.15 bits per heavy atom. The van der Waals surface area contributed by atoms with Crippen LogP contribution in [0.1, 0.15) is 33.6 Å². The van der Waals surface area contributed by atoms with Crippen molar-refractivity contribution in [2.45, 2.75) is 33.6 Å². The fourth-order valence-electron chi connectivity index (χ4n) is 2.69. The molecule has 3 unspecified atom stereocenters. The third-order valence-electron chi connectivity index (χ3n) is 3.89. The van der Waals surface area contributed by atoms with Gasteiger partial charge in [0, 0.05) is 0 Å². The summed E-state index contributed by atoms with van der Waals surface area (Å²) >= 11 is 0. The molecule has 13 heavy (non-hydrogen) atoms. The molecule has 0 saturated heterocycles. The van der Waals surface area contributed by atoms with Crippen LogP contribution in [-0.2, 0) is 0 Å². The minimum absolute atomic E-state index is 0.774. The van der Waals surface area contributed by atoms with Crippen LogP contribution in [0.15, 0.2) is 23.8 Å². The van der Waals surface area contributed by atoms with Gasteiger partial charge in [0.1, 0.15) is 0 Å². The van der Waals surface area contributed by atoms with Gasteiger partial charge in [0.25, 0.3) is 0 Å². The van der Waals surface area contributed by atoms with Crippen LogP contribution >= 0.6 is 0 Å². The molecular formula is C13H20. The van der Waals surface area contributed by atoms with Gasteiger partial charge in [-0.2, -0.15) is 0 Å². The van der Waals surface area contributed by atoms with Crippen LogP contribution in [0, 0.1) is 23.7 Å². The van der Waals surface area contributed by atoms with Gasteiger partial charge in [-0.05, 0) is 42.1 Å². The van der Waals surface area contributed by atoms with Crippen molar-refractivity contribution in [1.82, 2.24) is 0 Å². The molecule has 0 aromatic heterocycles. The standard InChI is InChI=1S/C13H20/c1-9-4-7-13-11(3)10(2)5-6-12(13)8-9/h5-6,8-11,13H,4,7H2,1-3H3/t9?,10-,11?,13?/m1/s1. The van der Waals surface area contributed by atoms with E-state index in [9.17, 15) is 0 Å². The smallest absolute Gasteiger partial charge is 0.0134 e. The summed E-state index contributed by atoms with van der Waals surface area (Å²) in [5, 5.41) is 0. The maximum absolute atomic E-state index is 2.48. The molecule has 0 amide bonds. The fraction of sp³-hybridized carbons (Fsp3) is 0.692. The first-order valence-corrected chi connectivity index (χ1v) is 5.58. The minimum Gasteiger partial charge on any atom is -0.0811 e. The first kappa shape index (κ1) is 9.05. The highest BCUT2D eigenvalue weighted by Gasteiger charge is 2.29.